The summed E-state index contributed by atoms with van der Waals surface area (Å²) >= 11 is 0. The monoisotopic (exact) mass is 506 g/mol. The molecule has 1 aliphatic carbocycles. The Balaban J connectivity index is 2.11. The molecule has 0 radical (unpaired) electrons. The number of carbonyl (C=O) groups excluding carboxylic acids is 4. The van der Waals surface area contributed by atoms with Gasteiger partial charge >= 0.3 is 0 Å². The first-order chi connectivity index (χ1) is 16.5. The van der Waals surface area contributed by atoms with Crippen LogP contribution in [0.1, 0.15) is 44.6 Å². The number of amides is 4. The number of hydrogen-bond acceptors (Lipinski definition) is 5. The lowest BCUT2D eigenvalue weighted by molar-refractivity contribution is -0.129. The van der Waals surface area contributed by atoms with Crippen molar-refractivity contribution in [1.29, 1.82) is 0 Å². The summed E-state index contributed by atoms with van der Waals surface area (Å²) in [5.41, 5.74) is 6.46. The van der Waals surface area contributed by atoms with Gasteiger partial charge in [0, 0.05) is 12.8 Å². The maximum Gasteiger partial charge on any atom is 0.243 e. The highest BCUT2D eigenvalue weighted by Gasteiger charge is 2.37. The molecular weight excluding hydrogens is 471 g/mol. The predicted molar refractivity (Wildman–Crippen MR) is 132 cm³/mol. The molecule has 3 unspecified atom stereocenters. The van der Waals surface area contributed by atoms with E-state index in [0.717, 1.165) is 18.4 Å². The second-order valence-corrected chi connectivity index (χ2v) is 11.4. The summed E-state index contributed by atoms with van der Waals surface area (Å²) in [5.74, 6) is -3.48. The fraction of sp³-hybridized carbons (Fsp3) is 0.500. The number of carbonyl (C=O) groups is 4. The molecular formula is C24H35N4O6P. The van der Waals surface area contributed by atoms with Crippen LogP contribution in [0.4, 0.5) is 0 Å². The quantitative estimate of drug-likeness (QED) is 0.177. The number of nitrogens with two attached hydrogens (primary N) is 1. The Bertz CT molecular complexity index is 979. The third-order valence-corrected chi connectivity index (χ3v) is 7.75. The number of rotatable bonds is 15. The van der Waals surface area contributed by atoms with Crippen molar-refractivity contribution in [2.75, 3.05) is 12.7 Å². The van der Waals surface area contributed by atoms with Crippen LogP contribution in [0.3, 0.4) is 0 Å². The van der Waals surface area contributed by atoms with Crippen LogP contribution in [0, 0.1) is 5.92 Å². The van der Waals surface area contributed by atoms with Crippen molar-refractivity contribution in [2.45, 2.75) is 57.3 Å². The first kappa shape index (κ1) is 28.3. The SMILES string of the molecule is C=C(CC)CC(=O)NC(Cc1ccccc1)P(=O)(O)CC(=O)NC(CC1CC1)C(=O)NCC(N)=O. The van der Waals surface area contributed by atoms with E-state index >= 15 is 0 Å². The average molecular weight is 507 g/mol. The first-order valence-electron chi connectivity index (χ1n) is 11.7. The zero-order valence-corrected chi connectivity index (χ0v) is 20.9. The summed E-state index contributed by atoms with van der Waals surface area (Å²) in [6.07, 6.45) is 2.08. The maximum absolute atomic E-state index is 13.3. The van der Waals surface area contributed by atoms with Crippen molar-refractivity contribution < 1.29 is 28.6 Å². The van der Waals surface area contributed by atoms with Gasteiger partial charge in [-0.2, -0.15) is 0 Å². The molecule has 0 aromatic heterocycles. The van der Waals surface area contributed by atoms with Crippen LogP contribution in [-0.4, -0.2) is 53.1 Å². The normalized spacial score (nSPS) is 16.3. The summed E-state index contributed by atoms with van der Waals surface area (Å²) in [5, 5.41) is 7.49. The van der Waals surface area contributed by atoms with Gasteiger partial charge in [0.2, 0.25) is 31.0 Å². The van der Waals surface area contributed by atoms with Gasteiger partial charge in [0.05, 0.1) is 6.54 Å². The van der Waals surface area contributed by atoms with E-state index in [1.54, 1.807) is 30.3 Å². The lowest BCUT2D eigenvalue weighted by atomic mass is 10.1. The lowest BCUT2D eigenvalue weighted by Crippen LogP contribution is -2.49. The van der Waals surface area contributed by atoms with Gasteiger partial charge in [-0.15, -0.1) is 0 Å². The number of primary amides is 1. The molecule has 0 aliphatic heterocycles. The van der Waals surface area contributed by atoms with Gasteiger partial charge in [-0.05, 0) is 24.3 Å². The molecule has 1 fully saturated rings. The molecule has 4 amide bonds. The maximum atomic E-state index is 13.3. The van der Waals surface area contributed by atoms with Crippen LogP contribution in [0.5, 0.6) is 0 Å². The lowest BCUT2D eigenvalue weighted by Gasteiger charge is -2.25. The molecule has 0 heterocycles. The minimum Gasteiger partial charge on any atom is -0.368 e. The highest BCUT2D eigenvalue weighted by molar-refractivity contribution is 7.59. The topological polar surface area (TPSA) is 168 Å². The molecule has 10 nitrogen and oxygen atoms in total. The predicted octanol–water partition coefficient (Wildman–Crippen LogP) is 1.18. The van der Waals surface area contributed by atoms with Gasteiger partial charge in [-0.1, -0.05) is 62.2 Å². The Morgan fingerprint density at radius 3 is 2.37 bits per heavy atom. The Labute approximate surface area is 205 Å². The number of hydrogen-bond donors (Lipinski definition) is 5. The zero-order valence-electron chi connectivity index (χ0n) is 20.0. The van der Waals surface area contributed by atoms with Crippen molar-refractivity contribution in [1.82, 2.24) is 16.0 Å². The molecule has 2 rings (SSSR count). The van der Waals surface area contributed by atoms with Gasteiger partial charge in [0.15, 0.2) is 0 Å². The molecule has 6 N–H and O–H groups in total. The van der Waals surface area contributed by atoms with E-state index in [2.05, 4.69) is 22.5 Å². The first-order valence-corrected chi connectivity index (χ1v) is 13.6. The molecule has 0 spiro atoms. The van der Waals surface area contributed by atoms with Gasteiger partial charge in [0.25, 0.3) is 0 Å². The van der Waals surface area contributed by atoms with E-state index in [-0.39, 0.29) is 25.3 Å². The van der Waals surface area contributed by atoms with E-state index < -0.39 is 49.0 Å². The van der Waals surface area contributed by atoms with Crippen molar-refractivity contribution in [2.24, 2.45) is 11.7 Å². The minimum absolute atomic E-state index is 0.0114. The fourth-order valence-corrected chi connectivity index (χ4v) is 5.06. The largest absolute Gasteiger partial charge is 0.368 e. The molecule has 1 aromatic carbocycles. The van der Waals surface area contributed by atoms with Gasteiger partial charge in [-0.25, -0.2) is 0 Å². The van der Waals surface area contributed by atoms with Gasteiger partial charge < -0.3 is 26.6 Å². The van der Waals surface area contributed by atoms with Crippen LogP contribution in [0.25, 0.3) is 0 Å². The highest BCUT2D eigenvalue weighted by Crippen LogP contribution is 2.46. The van der Waals surface area contributed by atoms with E-state index in [9.17, 15) is 28.6 Å². The van der Waals surface area contributed by atoms with Crippen LogP contribution in [0.2, 0.25) is 0 Å². The van der Waals surface area contributed by atoms with Crippen LogP contribution < -0.4 is 21.7 Å². The average Bonchev–Trinajstić information content (AvgIpc) is 3.60. The summed E-state index contributed by atoms with van der Waals surface area (Å²) in [7, 11) is -4.25. The van der Waals surface area contributed by atoms with Crippen LogP contribution >= 0.6 is 7.37 Å². The Hall–Kier alpha value is -2.97. The molecule has 192 valence electrons. The molecule has 1 saturated carbocycles. The Morgan fingerprint density at radius 1 is 1.14 bits per heavy atom. The molecule has 0 bridgehead atoms. The van der Waals surface area contributed by atoms with E-state index in [0.29, 0.717) is 18.4 Å². The molecule has 0 saturated heterocycles. The summed E-state index contributed by atoms with van der Waals surface area (Å²) in [6, 6.07) is 7.92. The molecule has 1 aromatic rings. The van der Waals surface area contributed by atoms with Crippen LogP contribution in [-0.2, 0) is 30.2 Å². The molecule has 35 heavy (non-hydrogen) atoms. The Kier molecular flexibility index (Phi) is 10.7. The second kappa shape index (κ2) is 13.2. The summed E-state index contributed by atoms with van der Waals surface area (Å²) < 4.78 is 13.3. The fourth-order valence-electron chi connectivity index (χ4n) is 3.49. The number of nitrogens with one attached hydrogen (secondary N) is 3. The smallest absolute Gasteiger partial charge is 0.243 e. The van der Waals surface area contributed by atoms with E-state index in [4.69, 9.17) is 5.73 Å². The van der Waals surface area contributed by atoms with Crippen LogP contribution in [0.15, 0.2) is 42.5 Å². The van der Waals surface area contributed by atoms with E-state index in [1.165, 1.54) is 0 Å². The standard InChI is InChI=1S/C24H35N4O6P/c1-3-16(2)11-21(30)28-23(13-17-7-5-4-6-8-17)35(33,34)15-22(31)27-19(12-18-9-10-18)24(32)26-14-20(25)29/h4-8,18-19,23H,2-3,9-15H2,1H3,(H2,25,29)(H,26,32)(H,27,31)(H,28,30)(H,33,34). The minimum atomic E-state index is -4.25. The van der Waals surface area contributed by atoms with Crippen molar-refractivity contribution >= 4 is 31.0 Å². The molecule has 11 heteroatoms. The second-order valence-electron chi connectivity index (χ2n) is 8.95. The molecule has 3 atom stereocenters. The van der Waals surface area contributed by atoms with Crippen molar-refractivity contribution in [3.05, 3.63) is 48.0 Å². The summed E-state index contributed by atoms with van der Waals surface area (Å²) in [6.45, 7) is 5.28. The van der Waals surface area contributed by atoms with Crippen molar-refractivity contribution in [3.8, 4) is 0 Å². The Morgan fingerprint density at radius 2 is 1.80 bits per heavy atom. The molecule has 1 aliphatic rings. The highest BCUT2D eigenvalue weighted by atomic mass is 31.2. The zero-order chi connectivity index (χ0) is 26.0. The summed E-state index contributed by atoms with van der Waals surface area (Å²) in [4.78, 5) is 59.5. The van der Waals surface area contributed by atoms with Crippen molar-refractivity contribution in [3.63, 3.8) is 0 Å². The van der Waals surface area contributed by atoms with E-state index in [1.807, 2.05) is 6.92 Å². The van der Waals surface area contributed by atoms with Gasteiger partial charge in [-0.3, -0.25) is 23.7 Å². The third-order valence-electron chi connectivity index (χ3n) is 5.72. The number of benzene rings is 1. The third kappa shape index (κ3) is 10.4. The van der Waals surface area contributed by atoms with Gasteiger partial charge in [0.1, 0.15) is 18.0 Å².